The molecule has 3 rings (SSSR count). The monoisotopic (exact) mass is 380 g/mol. The highest BCUT2D eigenvalue weighted by atomic mass is 35.5. The van der Waals surface area contributed by atoms with E-state index < -0.39 is 0 Å². The highest BCUT2D eigenvalue weighted by molar-refractivity contribution is 7.99. The lowest BCUT2D eigenvalue weighted by molar-refractivity contribution is -0.113. The first kappa shape index (κ1) is 18.1. The van der Waals surface area contributed by atoms with Crippen LogP contribution < -0.4 is 10.2 Å². The van der Waals surface area contributed by atoms with Gasteiger partial charge >= 0.3 is 0 Å². The largest absolute Gasteiger partial charge is 0.416 e. The van der Waals surface area contributed by atoms with Crippen molar-refractivity contribution in [1.29, 1.82) is 0 Å². The molecule has 2 heterocycles. The summed E-state index contributed by atoms with van der Waals surface area (Å²) in [6.07, 6.45) is 2.34. The molecule has 2 aromatic rings. The Morgan fingerprint density at radius 2 is 2.12 bits per heavy atom. The lowest BCUT2D eigenvalue weighted by Gasteiger charge is -2.21. The van der Waals surface area contributed by atoms with Crippen LogP contribution in [0.15, 0.2) is 27.8 Å². The Morgan fingerprint density at radius 3 is 2.80 bits per heavy atom. The van der Waals surface area contributed by atoms with Gasteiger partial charge in [0.25, 0.3) is 5.22 Å². The second-order valence-electron chi connectivity index (χ2n) is 6.25. The van der Waals surface area contributed by atoms with E-state index in [-0.39, 0.29) is 17.6 Å². The molecule has 1 fully saturated rings. The van der Waals surface area contributed by atoms with Crippen LogP contribution in [0, 0.1) is 0 Å². The van der Waals surface area contributed by atoms with E-state index in [2.05, 4.69) is 20.4 Å². The molecule has 1 amide bonds. The minimum Gasteiger partial charge on any atom is -0.416 e. The SMILES string of the molecule is CC(C)c1nnc(SCC(=O)Nc2cc(Cl)ccc2N2CCCC2)o1. The molecular formula is C17H21ClN4O2S. The number of nitrogens with zero attached hydrogens (tertiary/aromatic N) is 3. The minimum atomic E-state index is -0.128. The van der Waals surface area contributed by atoms with Crippen LogP contribution in [0.25, 0.3) is 0 Å². The number of nitrogens with one attached hydrogen (secondary N) is 1. The van der Waals surface area contributed by atoms with Gasteiger partial charge in [-0.1, -0.05) is 37.2 Å². The predicted molar refractivity (Wildman–Crippen MR) is 101 cm³/mol. The number of benzene rings is 1. The summed E-state index contributed by atoms with van der Waals surface area (Å²) in [5.74, 6) is 0.822. The van der Waals surface area contributed by atoms with Crippen LogP contribution in [0.5, 0.6) is 0 Å². The molecule has 1 aromatic carbocycles. The number of hydrogen-bond donors (Lipinski definition) is 1. The summed E-state index contributed by atoms with van der Waals surface area (Å²) < 4.78 is 5.50. The van der Waals surface area contributed by atoms with E-state index in [9.17, 15) is 4.79 Å². The summed E-state index contributed by atoms with van der Waals surface area (Å²) in [5.41, 5.74) is 1.76. The van der Waals surface area contributed by atoms with E-state index in [1.54, 1.807) is 6.07 Å². The standard InChI is InChI=1S/C17H21ClN4O2S/c1-11(2)16-20-21-17(24-16)25-10-15(23)19-13-9-12(18)5-6-14(13)22-7-3-4-8-22/h5-6,9,11H,3-4,7-8,10H2,1-2H3,(H,19,23). The topological polar surface area (TPSA) is 71.3 Å². The van der Waals surface area contributed by atoms with E-state index in [4.69, 9.17) is 16.0 Å². The summed E-state index contributed by atoms with van der Waals surface area (Å²) in [5, 5.41) is 11.9. The molecule has 0 saturated carbocycles. The van der Waals surface area contributed by atoms with Crippen LogP contribution in [0.4, 0.5) is 11.4 Å². The number of amides is 1. The average molecular weight is 381 g/mol. The molecule has 134 valence electrons. The highest BCUT2D eigenvalue weighted by Crippen LogP contribution is 2.32. The zero-order valence-electron chi connectivity index (χ0n) is 14.3. The van der Waals surface area contributed by atoms with Crippen molar-refractivity contribution in [1.82, 2.24) is 10.2 Å². The highest BCUT2D eigenvalue weighted by Gasteiger charge is 2.18. The van der Waals surface area contributed by atoms with Gasteiger partial charge in [-0.3, -0.25) is 4.79 Å². The summed E-state index contributed by atoms with van der Waals surface area (Å²) in [7, 11) is 0. The van der Waals surface area contributed by atoms with Crippen LogP contribution in [0.1, 0.15) is 38.5 Å². The third-order valence-electron chi connectivity index (χ3n) is 3.92. The third kappa shape index (κ3) is 4.67. The quantitative estimate of drug-likeness (QED) is 0.758. The molecule has 1 N–H and O–H groups in total. The molecule has 1 aromatic heterocycles. The van der Waals surface area contributed by atoms with Crippen LogP contribution in [0.3, 0.4) is 0 Å². The third-order valence-corrected chi connectivity index (χ3v) is 4.98. The first-order chi connectivity index (χ1) is 12.0. The summed E-state index contributed by atoms with van der Waals surface area (Å²) in [6.45, 7) is 5.96. The molecule has 0 unspecified atom stereocenters. The van der Waals surface area contributed by atoms with Gasteiger partial charge in [-0.05, 0) is 31.0 Å². The molecule has 0 spiro atoms. The van der Waals surface area contributed by atoms with Gasteiger partial charge < -0.3 is 14.6 Å². The van der Waals surface area contributed by atoms with Crippen molar-refractivity contribution in [3.8, 4) is 0 Å². The lowest BCUT2D eigenvalue weighted by atomic mass is 10.2. The van der Waals surface area contributed by atoms with Crippen LogP contribution in [0.2, 0.25) is 5.02 Å². The summed E-state index contributed by atoms with van der Waals surface area (Å²) in [6, 6.07) is 5.61. The number of thioether (sulfide) groups is 1. The summed E-state index contributed by atoms with van der Waals surface area (Å²) >= 11 is 7.33. The van der Waals surface area contributed by atoms with Gasteiger partial charge in [0.15, 0.2) is 0 Å². The van der Waals surface area contributed by atoms with Gasteiger partial charge in [0.2, 0.25) is 11.8 Å². The Balaban J connectivity index is 1.63. The zero-order valence-corrected chi connectivity index (χ0v) is 15.9. The van der Waals surface area contributed by atoms with Crippen LogP contribution in [-0.2, 0) is 4.79 Å². The fourth-order valence-electron chi connectivity index (χ4n) is 2.67. The first-order valence-corrected chi connectivity index (χ1v) is 9.70. The van der Waals surface area contributed by atoms with Crippen molar-refractivity contribution in [3.63, 3.8) is 0 Å². The van der Waals surface area contributed by atoms with E-state index in [0.29, 0.717) is 16.1 Å². The average Bonchev–Trinajstić information content (AvgIpc) is 3.25. The zero-order chi connectivity index (χ0) is 17.8. The van der Waals surface area contributed by atoms with Crippen molar-refractivity contribution >= 4 is 40.6 Å². The fraction of sp³-hybridized carbons (Fsp3) is 0.471. The van der Waals surface area contributed by atoms with Crippen molar-refractivity contribution in [3.05, 3.63) is 29.1 Å². The minimum absolute atomic E-state index is 0.128. The van der Waals surface area contributed by atoms with E-state index in [0.717, 1.165) is 24.5 Å². The lowest BCUT2D eigenvalue weighted by Crippen LogP contribution is -2.21. The summed E-state index contributed by atoms with van der Waals surface area (Å²) in [4.78, 5) is 14.6. The second-order valence-corrected chi connectivity index (χ2v) is 7.62. The van der Waals surface area contributed by atoms with Crippen molar-refractivity contribution in [2.24, 2.45) is 0 Å². The molecule has 6 nitrogen and oxygen atoms in total. The number of aromatic nitrogens is 2. The molecule has 25 heavy (non-hydrogen) atoms. The van der Waals surface area contributed by atoms with Crippen LogP contribution >= 0.6 is 23.4 Å². The molecule has 1 aliphatic rings. The molecule has 1 saturated heterocycles. The number of carbonyl (C=O) groups is 1. The van der Waals surface area contributed by atoms with Gasteiger partial charge in [-0.2, -0.15) is 0 Å². The van der Waals surface area contributed by atoms with Gasteiger partial charge in [-0.25, -0.2) is 0 Å². The number of halogens is 1. The Morgan fingerprint density at radius 1 is 1.36 bits per heavy atom. The molecule has 1 aliphatic heterocycles. The van der Waals surface area contributed by atoms with Gasteiger partial charge in [0, 0.05) is 24.0 Å². The van der Waals surface area contributed by atoms with Crippen LogP contribution in [-0.4, -0.2) is 34.9 Å². The van der Waals surface area contributed by atoms with Crippen molar-refractivity contribution in [2.75, 3.05) is 29.1 Å². The maximum Gasteiger partial charge on any atom is 0.277 e. The first-order valence-electron chi connectivity index (χ1n) is 8.33. The van der Waals surface area contributed by atoms with Gasteiger partial charge in [0.05, 0.1) is 17.1 Å². The fourth-order valence-corrected chi connectivity index (χ4v) is 3.41. The van der Waals surface area contributed by atoms with Crippen molar-refractivity contribution in [2.45, 2.75) is 37.8 Å². The predicted octanol–water partition coefficient (Wildman–Crippen LogP) is 4.18. The number of hydrogen-bond acceptors (Lipinski definition) is 6. The second kappa shape index (κ2) is 8.10. The molecule has 0 aliphatic carbocycles. The van der Waals surface area contributed by atoms with E-state index in [1.165, 1.54) is 24.6 Å². The molecule has 0 radical (unpaired) electrons. The number of anilines is 2. The Labute approximate surface area is 156 Å². The Bertz CT molecular complexity index is 744. The van der Waals surface area contributed by atoms with Crippen molar-refractivity contribution < 1.29 is 9.21 Å². The number of carbonyl (C=O) groups excluding carboxylic acids is 1. The maximum atomic E-state index is 12.3. The molecule has 0 bridgehead atoms. The Hall–Kier alpha value is -1.73. The molecular weight excluding hydrogens is 360 g/mol. The van der Waals surface area contributed by atoms with E-state index in [1.807, 2.05) is 26.0 Å². The van der Waals surface area contributed by atoms with E-state index >= 15 is 0 Å². The normalized spacial score (nSPS) is 14.3. The number of rotatable bonds is 6. The van der Waals surface area contributed by atoms with Gasteiger partial charge in [-0.15, -0.1) is 10.2 Å². The molecule has 0 atom stereocenters. The molecule has 8 heteroatoms. The smallest absolute Gasteiger partial charge is 0.277 e. The van der Waals surface area contributed by atoms with Gasteiger partial charge in [0.1, 0.15) is 0 Å². The maximum absolute atomic E-state index is 12.3. The Kier molecular flexibility index (Phi) is 5.86.